The summed E-state index contributed by atoms with van der Waals surface area (Å²) in [5, 5.41) is 8.72. The monoisotopic (exact) mass is 205 g/mol. The smallest absolute Gasteiger partial charge is 0.326 e. The lowest BCUT2D eigenvalue weighted by atomic mass is 10.2. The molecule has 1 N–H and O–H groups in total. The lowest BCUT2D eigenvalue weighted by molar-refractivity contribution is -0.146. The van der Waals surface area contributed by atoms with Crippen molar-refractivity contribution in [1.82, 2.24) is 4.90 Å². The average Bonchev–Trinajstić information content (AvgIpc) is 2.41. The van der Waals surface area contributed by atoms with Crippen molar-refractivity contribution in [3.05, 3.63) is 0 Å². The Kier molecular flexibility index (Phi) is 3.40. The Hall–Kier alpha value is -1.17. The number of halogens is 1. The Morgan fingerprint density at radius 3 is 2.93 bits per heavy atom. The zero-order valence-corrected chi connectivity index (χ0v) is 7.77. The van der Waals surface area contributed by atoms with Crippen LogP contribution in [0.1, 0.15) is 6.42 Å². The molecule has 1 rings (SSSR count). The predicted octanol–water partition coefficient (Wildman–Crippen LogP) is -0.344. The molecule has 0 spiro atoms. The number of carbonyl (C=O) groups excluding carboxylic acids is 1. The second-order valence-corrected chi connectivity index (χ2v) is 3.08. The number of likely N-dealkylation sites (tertiary alicyclic amines) is 1. The highest BCUT2D eigenvalue weighted by Crippen LogP contribution is 2.21. The maximum absolute atomic E-state index is 12.9. The van der Waals surface area contributed by atoms with Crippen molar-refractivity contribution < 1.29 is 23.8 Å². The van der Waals surface area contributed by atoms with Crippen LogP contribution in [0.5, 0.6) is 0 Å². The van der Waals surface area contributed by atoms with Crippen LogP contribution >= 0.6 is 0 Å². The minimum Gasteiger partial charge on any atom is -0.480 e. The molecule has 80 valence electrons. The number of aliphatic carboxylic acids is 1. The Morgan fingerprint density at radius 1 is 1.79 bits per heavy atom. The summed E-state index contributed by atoms with van der Waals surface area (Å²) in [6, 6.07) is -1.05. The maximum atomic E-state index is 12.9. The van der Waals surface area contributed by atoms with Gasteiger partial charge in [-0.05, 0) is 0 Å². The standard InChI is InChI=1S/C8H12FNO4/c1-14-3-2-10-6(8(12)13)4-5(9)7(10)11/h5-6H,2-4H2,1H3,(H,12,13). The van der Waals surface area contributed by atoms with E-state index in [-0.39, 0.29) is 19.6 Å². The summed E-state index contributed by atoms with van der Waals surface area (Å²) in [6.07, 6.45) is -1.95. The first-order chi connectivity index (χ1) is 6.57. The van der Waals surface area contributed by atoms with Gasteiger partial charge in [0.25, 0.3) is 5.91 Å². The van der Waals surface area contributed by atoms with Gasteiger partial charge in [0, 0.05) is 20.1 Å². The van der Waals surface area contributed by atoms with Gasteiger partial charge in [-0.15, -0.1) is 0 Å². The summed E-state index contributed by atoms with van der Waals surface area (Å²) in [4.78, 5) is 22.8. The zero-order valence-electron chi connectivity index (χ0n) is 7.77. The normalized spacial score (nSPS) is 27.0. The largest absolute Gasteiger partial charge is 0.480 e. The highest BCUT2D eigenvalue weighted by molar-refractivity contribution is 5.90. The molecule has 2 unspecified atom stereocenters. The quantitative estimate of drug-likeness (QED) is 0.681. The molecule has 0 saturated carbocycles. The van der Waals surface area contributed by atoms with Crippen LogP contribution in [0, 0.1) is 0 Å². The van der Waals surface area contributed by atoms with E-state index in [9.17, 15) is 14.0 Å². The van der Waals surface area contributed by atoms with E-state index in [1.165, 1.54) is 7.11 Å². The van der Waals surface area contributed by atoms with Crippen molar-refractivity contribution in [3.63, 3.8) is 0 Å². The number of carboxylic acid groups (broad SMARTS) is 1. The summed E-state index contributed by atoms with van der Waals surface area (Å²) in [6.45, 7) is 0.328. The average molecular weight is 205 g/mol. The minimum absolute atomic E-state index is 0.118. The third-order valence-electron chi connectivity index (χ3n) is 2.18. The van der Waals surface area contributed by atoms with Crippen LogP contribution in [0.2, 0.25) is 0 Å². The van der Waals surface area contributed by atoms with Gasteiger partial charge in [0.1, 0.15) is 6.04 Å². The first-order valence-corrected chi connectivity index (χ1v) is 4.24. The molecule has 0 bridgehead atoms. The number of methoxy groups -OCH3 is 1. The van der Waals surface area contributed by atoms with Crippen LogP contribution in [0.15, 0.2) is 0 Å². The van der Waals surface area contributed by atoms with E-state index < -0.39 is 24.1 Å². The molecule has 1 heterocycles. The molecule has 14 heavy (non-hydrogen) atoms. The van der Waals surface area contributed by atoms with Gasteiger partial charge >= 0.3 is 5.97 Å². The summed E-state index contributed by atoms with van der Waals surface area (Å²) >= 11 is 0. The third kappa shape index (κ3) is 2.01. The number of ether oxygens (including phenoxy) is 1. The number of rotatable bonds is 4. The highest BCUT2D eigenvalue weighted by Gasteiger charge is 2.43. The molecule has 0 aromatic heterocycles. The molecule has 1 amide bonds. The molecule has 0 aromatic rings. The van der Waals surface area contributed by atoms with Gasteiger partial charge in [0.2, 0.25) is 0 Å². The fourth-order valence-electron chi connectivity index (χ4n) is 1.45. The van der Waals surface area contributed by atoms with Gasteiger partial charge < -0.3 is 14.7 Å². The number of hydrogen-bond donors (Lipinski definition) is 1. The van der Waals surface area contributed by atoms with Crippen LogP contribution in [0.3, 0.4) is 0 Å². The molecule has 1 fully saturated rings. The summed E-state index contributed by atoms with van der Waals surface area (Å²) in [5.41, 5.74) is 0. The van der Waals surface area contributed by atoms with Gasteiger partial charge in [-0.1, -0.05) is 0 Å². The van der Waals surface area contributed by atoms with Crippen molar-refractivity contribution in [2.75, 3.05) is 20.3 Å². The van der Waals surface area contributed by atoms with E-state index in [0.717, 1.165) is 4.90 Å². The van der Waals surface area contributed by atoms with E-state index in [1.54, 1.807) is 0 Å². The van der Waals surface area contributed by atoms with Crippen molar-refractivity contribution in [1.29, 1.82) is 0 Å². The molecule has 0 radical (unpaired) electrons. The van der Waals surface area contributed by atoms with E-state index in [0.29, 0.717) is 0 Å². The number of nitrogens with zero attached hydrogens (tertiary/aromatic N) is 1. The molecule has 1 aliphatic rings. The van der Waals surface area contributed by atoms with Gasteiger partial charge in [-0.2, -0.15) is 0 Å². The second kappa shape index (κ2) is 4.36. The second-order valence-electron chi connectivity index (χ2n) is 3.08. The molecular formula is C8H12FNO4. The summed E-state index contributed by atoms with van der Waals surface area (Å²) in [7, 11) is 1.43. The molecule has 2 atom stereocenters. The van der Waals surface area contributed by atoms with Crippen molar-refractivity contribution >= 4 is 11.9 Å². The van der Waals surface area contributed by atoms with Crippen molar-refractivity contribution in [2.24, 2.45) is 0 Å². The fraction of sp³-hybridized carbons (Fsp3) is 0.750. The molecule has 1 aliphatic heterocycles. The molecular weight excluding hydrogens is 193 g/mol. The van der Waals surface area contributed by atoms with Crippen LogP contribution in [-0.4, -0.2) is 54.4 Å². The predicted molar refractivity (Wildman–Crippen MR) is 44.5 cm³/mol. The molecule has 1 saturated heterocycles. The number of carboxylic acids is 1. The molecule has 5 nitrogen and oxygen atoms in total. The van der Waals surface area contributed by atoms with Crippen molar-refractivity contribution in [2.45, 2.75) is 18.6 Å². The number of hydrogen-bond acceptors (Lipinski definition) is 3. The third-order valence-corrected chi connectivity index (χ3v) is 2.18. The van der Waals surface area contributed by atoms with E-state index >= 15 is 0 Å². The zero-order chi connectivity index (χ0) is 10.7. The Morgan fingerprint density at radius 2 is 2.43 bits per heavy atom. The number of amides is 1. The Bertz CT molecular complexity index is 245. The van der Waals surface area contributed by atoms with Gasteiger partial charge in [0.05, 0.1) is 6.61 Å². The molecule has 0 aromatic carbocycles. The van der Waals surface area contributed by atoms with Crippen LogP contribution in [0.4, 0.5) is 4.39 Å². The Balaban J connectivity index is 2.66. The lowest BCUT2D eigenvalue weighted by Gasteiger charge is -2.20. The maximum Gasteiger partial charge on any atom is 0.326 e. The van der Waals surface area contributed by atoms with E-state index in [1.807, 2.05) is 0 Å². The van der Waals surface area contributed by atoms with E-state index in [2.05, 4.69) is 0 Å². The topological polar surface area (TPSA) is 66.8 Å². The lowest BCUT2D eigenvalue weighted by Crippen LogP contribution is -2.40. The van der Waals surface area contributed by atoms with Gasteiger partial charge in [0.15, 0.2) is 6.17 Å². The SMILES string of the molecule is COCCN1C(=O)C(F)CC1C(=O)O. The highest BCUT2D eigenvalue weighted by atomic mass is 19.1. The number of carbonyl (C=O) groups is 2. The van der Waals surface area contributed by atoms with E-state index in [4.69, 9.17) is 9.84 Å². The summed E-state index contributed by atoms with van der Waals surface area (Å²) < 4.78 is 17.6. The Labute approximate surface area is 80.4 Å². The fourth-order valence-corrected chi connectivity index (χ4v) is 1.45. The number of alkyl halides is 1. The summed E-state index contributed by atoms with van der Waals surface area (Å²) in [5.74, 6) is -1.93. The minimum atomic E-state index is -1.69. The van der Waals surface area contributed by atoms with Gasteiger partial charge in [-0.3, -0.25) is 4.79 Å². The van der Waals surface area contributed by atoms with Crippen molar-refractivity contribution in [3.8, 4) is 0 Å². The van der Waals surface area contributed by atoms with Crippen LogP contribution in [0.25, 0.3) is 0 Å². The first kappa shape index (κ1) is 10.9. The molecule has 0 aliphatic carbocycles. The first-order valence-electron chi connectivity index (χ1n) is 4.24. The molecule has 6 heteroatoms. The van der Waals surface area contributed by atoms with Crippen LogP contribution < -0.4 is 0 Å². The van der Waals surface area contributed by atoms with Crippen LogP contribution in [-0.2, 0) is 14.3 Å². The van der Waals surface area contributed by atoms with Gasteiger partial charge in [-0.25, -0.2) is 9.18 Å².